The predicted molar refractivity (Wildman–Crippen MR) is 64.0 cm³/mol. The quantitative estimate of drug-likeness (QED) is 0.697. The third kappa shape index (κ3) is 3.43. The van der Waals surface area contributed by atoms with Crippen molar-refractivity contribution in [3.05, 3.63) is 18.3 Å². The molecule has 4 heteroatoms. The molecule has 1 aromatic heterocycles. The first-order chi connectivity index (χ1) is 7.69. The molecule has 0 aromatic carbocycles. The molecule has 1 rings (SSSR count). The number of aromatic nitrogens is 2. The Morgan fingerprint density at radius 1 is 1.38 bits per heavy atom. The summed E-state index contributed by atoms with van der Waals surface area (Å²) in [7, 11) is 0. The second-order valence-electron chi connectivity index (χ2n) is 4.00. The fraction of sp³-hybridized carbons (Fsp3) is 0.667. The smallest absolute Gasteiger partial charge is 0.218 e. The van der Waals surface area contributed by atoms with Crippen LogP contribution in [-0.2, 0) is 0 Å². The lowest BCUT2D eigenvalue weighted by Gasteiger charge is -2.29. The Morgan fingerprint density at radius 2 is 2.12 bits per heavy atom. The van der Waals surface area contributed by atoms with Crippen molar-refractivity contribution in [3.8, 4) is 0 Å². The van der Waals surface area contributed by atoms with Gasteiger partial charge in [-0.1, -0.05) is 20.3 Å². The first kappa shape index (κ1) is 12.9. The Labute approximate surface area is 96.7 Å². The van der Waals surface area contributed by atoms with Crippen molar-refractivity contribution in [3.63, 3.8) is 0 Å². The molecule has 0 bridgehead atoms. The molecule has 0 spiro atoms. The zero-order valence-electron chi connectivity index (χ0n) is 10.3. The van der Waals surface area contributed by atoms with Crippen molar-refractivity contribution >= 4 is 5.82 Å². The lowest BCUT2D eigenvalue weighted by molar-refractivity contribution is 0.562. The number of rotatable bonds is 6. The van der Waals surface area contributed by atoms with Gasteiger partial charge in [0.2, 0.25) is 5.95 Å². The minimum Gasteiger partial charge on any atom is -0.354 e. The molecule has 16 heavy (non-hydrogen) atoms. The van der Waals surface area contributed by atoms with Crippen molar-refractivity contribution in [2.24, 2.45) is 0 Å². The van der Waals surface area contributed by atoms with E-state index < -0.39 is 5.95 Å². The van der Waals surface area contributed by atoms with Crippen molar-refractivity contribution in [2.45, 2.75) is 46.1 Å². The van der Waals surface area contributed by atoms with Crippen LogP contribution in [0.15, 0.2) is 12.4 Å². The third-order valence-electron chi connectivity index (χ3n) is 2.79. The Balaban J connectivity index is 2.82. The topological polar surface area (TPSA) is 29.0 Å². The molecule has 0 aliphatic heterocycles. The molecule has 0 aliphatic carbocycles. The van der Waals surface area contributed by atoms with E-state index in [1.165, 1.54) is 12.4 Å². The lowest BCUT2D eigenvalue weighted by atomic mass is 10.2. The Hall–Kier alpha value is -1.19. The van der Waals surface area contributed by atoms with Crippen molar-refractivity contribution < 1.29 is 4.39 Å². The fourth-order valence-electron chi connectivity index (χ4n) is 1.59. The molecule has 0 aliphatic rings. The largest absolute Gasteiger partial charge is 0.354 e. The number of hydrogen-bond donors (Lipinski definition) is 0. The average Bonchev–Trinajstić information content (AvgIpc) is 2.29. The Kier molecular flexibility index (Phi) is 5.15. The van der Waals surface area contributed by atoms with Crippen LogP contribution in [-0.4, -0.2) is 22.6 Å². The minimum absolute atomic E-state index is 0.376. The summed E-state index contributed by atoms with van der Waals surface area (Å²) in [6.07, 6.45) is 4.53. The summed E-state index contributed by atoms with van der Waals surface area (Å²) in [6.45, 7) is 7.33. The highest BCUT2D eigenvalue weighted by Crippen LogP contribution is 2.16. The number of unbranched alkanes of at least 4 members (excludes halogenated alkanes) is 1. The summed E-state index contributed by atoms with van der Waals surface area (Å²) >= 11 is 0. The van der Waals surface area contributed by atoms with Crippen LogP contribution in [0.3, 0.4) is 0 Å². The van der Waals surface area contributed by atoms with Gasteiger partial charge in [-0.15, -0.1) is 0 Å². The van der Waals surface area contributed by atoms with Gasteiger partial charge in [0.1, 0.15) is 12.1 Å². The molecule has 0 amide bonds. The number of anilines is 1. The maximum absolute atomic E-state index is 13.0. The van der Waals surface area contributed by atoms with E-state index >= 15 is 0 Å². The van der Waals surface area contributed by atoms with Gasteiger partial charge in [0.15, 0.2) is 0 Å². The van der Waals surface area contributed by atoms with Crippen LogP contribution < -0.4 is 4.90 Å². The number of hydrogen-bond acceptors (Lipinski definition) is 3. The molecule has 3 nitrogen and oxygen atoms in total. The first-order valence-corrected chi connectivity index (χ1v) is 5.93. The van der Waals surface area contributed by atoms with Crippen LogP contribution in [0.1, 0.15) is 40.0 Å². The zero-order valence-corrected chi connectivity index (χ0v) is 10.3. The van der Waals surface area contributed by atoms with Crippen LogP contribution in [0.2, 0.25) is 0 Å². The summed E-state index contributed by atoms with van der Waals surface area (Å²) in [5, 5.41) is 0. The van der Waals surface area contributed by atoms with Crippen molar-refractivity contribution in [1.82, 2.24) is 9.97 Å². The van der Waals surface area contributed by atoms with Crippen molar-refractivity contribution in [1.29, 1.82) is 0 Å². The van der Waals surface area contributed by atoms with E-state index in [0.29, 0.717) is 11.9 Å². The van der Waals surface area contributed by atoms with E-state index in [4.69, 9.17) is 0 Å². The molecular formula is C12H20FN3. The Bertz CT molecular complexity index is 317. The Morgan fingerprint density at radius 3 is 2.69 bits per heavy atom. The maximum Gasteiger partial charge on any atom is 0.218 e. The van der Waals surface area contributed by atoms with Gasteiger partial charge in [0.25, 0.3) is 0 Å². The molecule has 1 aromatic rings. The molecule has 0 saturated carbocycles. The molecule has 1 atom stereocenters. The van der Waals surface area contributed by atoms with Crippen molar-refractivity contribution in [2.75, 3.05) is 11.4 Å². The molecule has 0 N–H and O–H groups in total. The number of nitrogens with zero attached hydrogens (tertiary/aromatic N) is 3. The molecular weight excluding hydrogens is 205 g/mol. The second-order valence-corrected chi connectivity index (χ2v) is 4.00. The van der Waals surface area contributed by atoms with E-state index in [2.05, 4.69) is 35.6 Å². The summed E-state index contributed by atoms with van der Waals surface area (Å²) in [6, 6.07) is 1.78. The molecule has 1 heterocycles. The highest BCUT2D eigenvalue weighted by Gasteiger charge is 2.14. The van der Waals surface area contributed by atoms with E-state index in [0.717, 1.165) is 25.8 Å². The van der Waals surface area contributed by atoms with Crippen LogP contribution >= 0.6 is 0 Å². The monoisotopic (exact) mass is 225 g/mol. The minimum atomic E-state index is -0.463. The molecule has 90 valence electrons. The van der Waals surface area contributed by atoms with Gasteiger partial charge < -0.3 is 4.90 Å². The van der Waals surface area contributed by atoms with E-state index in [9.17, 15) is 4.39 Å². The maximum atomic E-state index is 13.0. The average molecular weight is 225 g/mol. The van der Waals surface area contributed by atoms with Gasteiger partial charge >= 0.3 is 0 Å². The standard InChI is InChI=1S/C12H20FN3/c1-4-6-7-16(10(3)5-2)12-8-11(13)14-9-15-12/h8-10H,4-7H2,1-3H3. The third-order valence-corrected chi connectivity index (χ3v) is 2.79. The van der Waals surface area contributed by atoms with Crippen LogP contribution in [0.5, 0.6) is 0 Å². The van der Waals surface area contributed by atoms with Crippen LogP contribution in [0.25, 0.3) is 0 Å². The van der Waals surface area contributed by atoms with Gasteiger partial charge in [0.05, 0.1) is 0 Å². The first-order valence-electron chi connectivity index (χ1n) is 5.93. The predicted octanol–water partition coefficient (Wildman–Crippen LogP) is 3.02. The normalized spacial score (nSPS) is 12.5. The lowest BCUT2D eigenvalue weighted by Crippen LogP contribution is -2.34. The number of halogens is 1. The molecule has 0 fully saturated rings. The zero-order chi connectivity index (χ0) is 12.0. The summed E-state index contributed by atoms with van der Waals surface area (Å²) in [5.41, 5.74) is 0. The fourth-order valence-corrected chi connectivity index (χ4v) is 1.59. The van der Waals surface area contributed by atoms with Gasteiger partial charge in [-0.2, -0.15) is 4.39 Å². The van der Waals surface area contributed by atoms with E-state index in [1.54, 1.807) is 0 Å². The summed E-state index contributed by atoms with van der Waals surface area (Å²) in [5.74, 6) is 0.227. The SMILES string of the molecule is CCCCN(c1cc(F)ncn1)C(C)CC. The van der Waals surface area contributed by atoms with Gasteiger partial charge in [-0.05, 0) is 19.8 Å². The highest BCUT2D eigenvalue weighted by molar-refractivity contribution is 5.37. The van der Waals surface area contributed by atoms with Crippen LogP contribution in [0.4, 0.5) is 10.2 Å². The van der Waals surface area contributed by atoms with E-state index in [1.807, 2.05) is 0 Å². The second kappa shape index (κ2) is 6.40. The highest BCUT2D eigenvalue weighted by atomic mass is 19.1. The molecule has 0 radical (unpaired) electrons. The van der Waals surface area contributed by atoms with Gasteiger partial charge in [-0.3, -0.25) is 0 Å². The van der Waals surface area contributed by atoms with Gasteiger partial charge in [0, 0.05) is 18.7 Å². The van der Waals surface area contributed by atoms with Crippen LogP contribution in [0, 0.1) is 5.95 Å². The van der Waals surface area contributed by atoms with Gasteiger partial charge in [-0.25, -0.2) is 9.97 Å². The summed E-state index contributed by atoms with van der Waals surface area (Å²) < 4.78 is 13.0. The molecule has 1 unspecified atom stereocenters. The molecule has 0 saturated heterocycles. The van der Waals surface area contributed by atoms with E-state index in [-0.39, 0.29) is 0 Å². The summed E-state index contributed by atoms with van der Waals surface area (Å²) in [4.78, 5) is 9.77.